The van der Waals surface area contributed by atoms with E-state index in [1.807, 2.05) is 6.07 Å². The lowest BCUT2D eigenvalue weighted by Crippen LogP contribution is -2.33. The third-order valence-electron chi connectivity index (χ3n) is 5.12. The molecule has 7 heteroatoms. The van der Waals surface area contributed by atoms with Crippen LogP contribution in [0.3, 0.4) is 0 Å². The van der Waals surface area contributed by atoms with E-state index in [9.17, 15) is 10.2 Å². The van der Waals surface area contributed by atoms with Crippen molar-refractivity contribution in [3.8, 4) is 11.5 Å². The average molecular weight is 421 g/mol. The summed E-state index contributed by atoms with van der Waals surface area (Å²) in [5.41, 5.74) is 1.94. The van der Waals surface area contributed by atoms with Gasteiger partial charge in [0, 0.05) is 41.2 Å². The van der Waals surface area contributed by atoms with Crippen molar-refractivity contribution in [1.82, 2.24) is 0 Å². The van der Waals surface area contributed by atoms with Crippen LogP contribution in [0, 0.1) is 0 Å². The van der Waals surface area contributed by atoms with Crippen LogP contribution in [0.2, 0.25) is 0 Å². The molecule has 1 aromatic carbocycles. The molecule has 1 aliphatic heterocycles. The van der Waals surface area contributed by atoms with Gasteiger partial charge in [-0.2, -0.15) is 0 Å². The Labute approximate surface area is 172 Å². The molecule has 3 unspecified atom stereocenters. The largest absolute Gasteiger partial charge is 0.496 e. The van der Waals surface area contributed by atoms with E-state index in [0.29, 0.717) is 18.6 Å². The molecule has 3 atom stereocenters. The van der Waals surface area contributed by atoms with E-state index >= 15 is 0 Å². The molecule has 0 spiro atoms. The highest BCUT2D eigenvalue weighted by Gasteiger charge is 2.31. The van der Waals surface area contributed by atoms with Gasteiger partial charge in [-0.25, -0.2) is 0 Å². The van der Waals surface area contributed by atoms with Gasteiger partial charge in [-0.3, -0.25) is 0 Å². The molecule has 0 radical (unpaired) electrons. The van der Waals surface area contributed by atoms with Crippen LogP contribution in [0.25, 0.3) is 9.40 Å². The summed E-state index contributed by atoms with van der Waals surface area (Å²) in [6.45, 7) is -0.106. The second kappa shape index (κ2) is 8.39. The minimum absolute atomic E-state index is 0.106. The van der Waals surface area contributed by atoms with E-state index in [2.05, 4.69) is 23.6 Å². The van der Waals surface area contributed by atoms with Gasteiger partial charge in [0.15, 0.2) is 0 Å². The molecule has 28 heavy (non-hydrogen) atoms. The first-order chi connectivity index (χ1) is 13.6. The molecule has 4 rings (SSSR count). The van der Waals surface area contributed by atoms with Crippen molar-refractivity contribution >= 4 is 32.1 Å². The first-order valence-electron chi connectivity index (χ1n) is 9.26. The van der Waals surface area contributed by atoms with Crippen LogP contribution in [-0.4, -0.2) is 43.2 Å². The number of methoxy groups -OCH3 is 2. The number of fused-ring (bicyclic) bond motifs is 1. The van der Waals surface area contributed by atoms with Gasteiger partial charge in [0.05, 0.1) is 43.2 Å². The maximum atomic E-state index is 10.2. The smallest absolute Gasteiger partial charge is 0.128 e. The van der Waals surface area contributed by atoms with Gasteiger partial charge >= 0.3 is 0 Å². The molecule has 2 N–H and O–H groups in total. The van der Waals surface area contributed by atoms with Crippen LogP contribution >= 0.6 is 22.7 Å². The average Bonchev–Trinajstić information content (AvgIpc) is 3.28. The predicted molar refractivity (Wildman–Crippen MR) is 112 cm³/mol. The zero-order chi connectivity index (χ0) is 19.7. The fourth-order valence-electron chi connectivity index (χ4n) is 3.78. The summed E-state index contributed by atoms with van der Waals surface area (Å²) in [6.07, 6.45) is 0.485. The zero-order valence-corrected chi connectivity index (χ0v) is 17.5. The number of hydrogen-bond acceptors (Lipinski definition) is 7. The maximum Gasteiger partial charge on any atom is 0.128 e. The van der Waals surface area contributed by atoms with Gasteiger partial charge in [0.2, 0.25) is 0 Å². The summed E-state index contributed by atoms with van der Waals surface area (Å²) in [5.74, 6) is 1.44. The molecule has 0 saturated carbocycles. The van der Waals surface area contributed by atoms with Crippen molar-refractivity contribution in [3.63, 3.8) is 0 Å². The zero-order valence-electron chi connectivity index (χ0n) is 15.9. The van der Waals surface area contributed by atoms with Crippen LogP contribution in [0.15, 0.2) is 29.6 Å². The van der Waals surface area contributed by atoms with E-state index in [1.165, 1.54) is 14.3 Å². The minimum atomic E-state index is -0.504. The molecule has 150 valence electrons. The fourth-order valence-corrected chi connectivity index (χ4v) is 5.96. The predicted octanol–water partition coefficient (Wildman–Crippen LogP) is 4.14. The van der Waals surface area contributed by atoms with Crippen LogP contribution in [0.5, 0.6) is 11.5 Å². The van der Waals surface area contributed by atoms with E-state index in [1.54, 1.807) is 36.9 Å². The van der Waals surface area contributed by atoms with Crippen molar-refractivity contribution in [1.29, 1.82) is 0 Å². The topological polar surface area (TPSA) is 68.2 Å². The Bertz CT molecular complexity index is 919. The van der Waals surface area contributed by atoms with Crippen molar-refractivity contribution in [2.24, 2.45) is 0 Å². The lowest BCUT2D eigenvalue weighted by atomic mass is 9.93. The lowest BCUT2D eigenvalue weighted by Gasteiger charge is -2.33. The number of ether oxygens (including phenoxy) is 3. The maximum absolute atomic E-state index is 10.2. The number of aliphatic hydroxyl groups is 2. The molecule has 3 heterocycles. The van der Waals surface area contributed by atoms with Crippen LogP contribution in [0.1, 0.15) is 34.9 Å². The first-order valence-corrected chi connectivity index (χ1v) is 11.0. The summed E-state index contributed by atoms with van der Waals surface area (Å²) >= 11 is 3.56. The molecule has 1 aliphatic rings. The molecular weight excluding hydrogens is 396 g/mol. The Morgan fingerprint density at radius 1 is 1.14 bits per heavy atom. The van der Waals surface area contributed by atoms with Crippen molar-refractivity contribution < 1.29 is 24.4 Å². The Morgan fingerprint density at radius 2 is 1.96 bits per heavy atom. The fraction of sp³-hybridized carbons (Fsp3) is 0.429. The second-order valence-corrected chi connectivity index (χ2v) is 9.32. The SMILES string of the molecule is COc1cc(OC)c(C2CC(O)CC(CO)O2)cc1Cc1cc2ccsc2s1. The number of thiophene rings is 2. The van der Waals surface area contributed by atoms with Crippen LogP contribution in [0.4, 0.5) is 0 Å². The highest BCUT2D eigenvalue weighted by molar-refractivity contribution is 7.37. The molecule has 1 fully saturated rings. The van der Waals surface area contributed by atoms with Gasteiger partial charge < -0.3 is 24.4 Å². The van der Waals surface area contributed by atoms with Gasteiger partial charge in [-0.15, -0.1) is 22.7 Å². The minimum Gasteiger partial charge on any atom is -0.496 e. The van der Waals surface area contributed by atoms with Gasteiger partial charge in [-0.1, -0.05) is 0 Å². The highest BCUT2D eigenvalue weighted by Crippen LogP contribution is 2.41. The third-order valence-corrected chi connectivity index (χ3v) is 7.33. The molecule has 0 amide bonds. The van der Waals surface area contributed by atoms with E-state index in [-0.39, 0.29) is 18.8 Å². The normalized spacial score (nSPS) is 22.5. The Balaban J connectivity index is 1.69. The summed E-state index contributed by atoms with van der Waals surface area (Å²) < 4.78 is 18.6. The van der Waals surface area contributed by atoms with E-state index in [0.717, 1.165) is 23.3 Å². The molecule has 0 aliphatic carbocycles. The molecule has 5 nitrogen and oxygen atoms in total. The monoisotopic (exact) mass is 420 g/mol. The lowest BCUT2D eigenvalue weighted by molar-refractivity contribution is -0.114. The quantitative estimate of drug-likeness (QED) is 0.627. The Morgan fingerprint density at radius 3 is 2.68 bits per heavy atom. The van der Waals surface area contributed by atoms with Crippen molar-refractivity contribution in [3.05, 3.63) is 45.6 Å². The molecule has 2 aromatic heterocycles. The van der Waals surface area contributed by atoms with E-state index < -0.39 is 6.10 Å². The van der Waals surface area contributed by atoms with Crippen molar-refractivity contribution in [2.75, 3.05) is 20.8 Å². The van der Waals surface area contributed by atoms with Gasteiger partial charge in [-0.05, 0) is 29.1 Å². The summed E-state index contributed by atoms with van der Waals surface area (Å²) in [5, 5.41) is 23.1. The number of hydrogen-bond donors (Lipinski definition) is 2. The standard InChI is InChI=1S/C21H24O5S2/c1-24-18-10-19(25-2)17(20-9-14(23)8-15(11-22)26-20)7-13(18)6-16-5-12-3-4-27-21(12)28-16/h3-5,7,10,14-15,20,22-23H,6,8-9,11H2,1-2H3. The van der Waals surface area contributed by atoms with Gasteiger partial charge in [0.1, 0.15) is 11.5 Å². The highest BCUT2D eigenvalue weighted by atomic mass is 32.2. The van der Waals surface area contributed by atoms with Crippen LogP contribution < -0.4 is 9.47 Å². The number of rotatable bonds is 6. The second-order valence-electron chi connectivity index (χ2n) is 7.01. The molecule has 3 aromatic rings. The molecule has 1 saturated heterocycles. The van der Waals surface area contributed by atoms with Gasteiger partial charge in [0.25, 0.3) is 0 Å². The first kappa shape index (κ1) is 19.7. The molecular formula is C21H24O5S2. The summed E-state index contributed by atoms with van der Waals surface area (Å²) in [7, 11) is 3.28. The van der Waals surface area contributed by atoms with Crippen LogP contribution in [-0.2, 0) is 11.2 Å². The summed E-state index contributed by atoms with van der Waals surface area (Å²) in [6, 6.07) is 8.31. The summed E-state index contributed by atoms with van der Waals surface area (Å²) in [4.78, 5) is 1.27. The molecule has 0 bridgehead atoms. The number of aliphatic hydroxyl groups excluding tert-OH is 2. The van der Waals surface area contributed by atoms with E-state index in [4.69, 9.17) is 14.2 Å². The third kappa shape index (κ3) is 3.90. The Hall–Kier alpha value is -1.64. The van der Waals surface area contributed by atoms with Crippen molar-refractivity contribution in [2.45, 2.75) is 37.6 Å². The Kier molecular flexibility index (Phi) is 5.89. The number of benzene rings is 1.